The summed E-state index contributed by atoms with van der Waals surface area (Å²) < 4.78 is 4.17. The van der Waals surface area contributed by atoms with E-state index in [1.54, 1.807) is 0 Å². The van der Waals surface area contributed by atoms with Crippen LogP contribution in [-0.4, -0.2) is 44.9 Å². The Kier molecular flexibility index (Phi) is 10.4. The van der Waals surface area contributed by atoms with Gasteiger partial charge in [0.2, 0.25) is 33.8 Å². The number of hydrogen-bond acceptors (Lipinski definition) is 8. The lowest BCUT2D eigenvalue weighted by Crippen LogP contribution is -2.76. The normalized spacial score (nSPS) is 13.0. The number of pyridine rings is 4. The lowest BCUT2D eigenvalue weighted by Gasteiger charge is -2.42. The van der Waals surface area contributed by atoms with Gasteiger partial charge in [-0.2, -0.15) is 8.80 Å². The van der Waals surface area contributed by atoms with Crippen LogP contribution in [0.2, 0.25) is 0 Å². The number of ketones is 2. The first-order valence-electron chi connectivity index (χ1n) is 13.9. The molecule has 2 atom stereocenters. The van der Waals surface area contributed by atoms with E-state index in [1.807, 2.05) is 73.3 Å². The molecule has 0 fully saturated rings. The number of carbonyl (C=O) groups excluding carboxylic acids is 4. The second-order valence-electron chi connectivity index (χ2n) is 9.85. The van der Waals surface area contributed by atoms with Crippen LogP contribution in [0.1, 0.15) is 20.7 Å². The number of aromatic nitrogens is 2. The standard InChI is InChI=1S/C18H14O8.2C9H8N/c19-13(11-7-3-1-4-8-11)17(25,15(21)22)18(26,16(23)24)14(20)12-9-5-2-6-10-12;2*1-3-7-10-8-4-2-6-9(10)5-1/h1-10,25-26H,(H,21,22)(H,23,24);2*1-8H/q;2*+1/p-2. The molecule has 4 aromatic heterocycles. The third-order valence-corrected chi connectivity index (χ3v) is 6.94. The van der Waals surface area contributed by atoms with E-state index in [0.29, 0.717) is 0 Å². The van der Waals surface area contributed by atoms with Gasteiger partial charge in [-0.05, 0) is 24.3 Å². The molecular weight excluding hydrogens is 588 g/mol. The summed E-state index contributed by atoms with van der Waals surface area (Å²) in [7, 11) is 0. The van der Waals surface area contributed by atoms with Crippen LogP contribution >= 0.6 is 0 Å². The first-order chi connectivity index (χ1) is 22.1. The zero-order valence-corrected chi connectivity index (χ0v) is 24.2. The van der Waals surface area contributed by atoms with Crippen LogP contribution in [0, 0.1) is 0 Å². The second-order valence-corrected chi connectivity index (χ2v) is 9.85. The van der Waals surface area contributed by atoms with Crippen molar-refractivity contribution in [2.45, 2.75) is 11.2 Å². The number of carboxylic acids is 2. The van der Waals surface area contributed by atoms with Crippen molar-refractivity contribution in [2.75, 3.05) is 0 Å². The highest BCUT2D eigenvalue weighted by atomic mass is 16.5. The molecule has 4 heterocycles. The summed E-state index contributed by atoms with van der Waals surface area (Å²) in [6.45, 7) is 0. The van der Waals surface area contributed by atoms with Gasteiger partial charge in [-0.15, -0.1) is 0 Å². The number of Topliss-reactive ketones (excluding diaryl/α,β-unsaturated/α-hetero) is 2. The van der Waals surface area contributed by atoms with Crippen LogP contribution in [0.5, 0.6) is 0 Å². The average molecular weight is 617 g/mol. The summed E-state index contributed by atoms with van der Waals surface area (Å²) in [6.07, 6.45) is 8.15. The Hall–Kier alpha value is -6.10. The third kappa shape index (κ3) is 6.83. The van der Waals surface area contributed by atoms with Crippen molar-refractivity contribution in [1.29, 1.82) is 0 Å². The van der Waals surface area contributed by atoms with Crippen molar-refractivity contribution < 1.29 is 48.4 Å². The summed E-state index contributed by atoms with van der Waals surface area (Å²) in [4.78, 5) is 48.1. The van der Waals surface area contributed by atoms with Crippen molar-refractivity contribution >= 4 is 34.5 Å². The molecule has 6 aromatic rings. The monoisotopic (exact) mass is 616 g/mol. The van der Waals surface area contributed by atoms with Gasteiger partial charge in [-0.25, -0.2) is 0 Å². The Bertz CT molecular complexity index is 1710. The summed E-state index contributed by atoms with van der Waals surface area (Å²) in [5, 5.41) is 43.9. The summed E-state index contributed by atoms with van der Waals surface area (Å²) in [5.74, 6) is -8.81. The molecule has 0 bridgehead atoms. The second kappa shape index (κ2) is 14.6. The molecule has 6 rings (SSSR count). The van der Waals surface area contributed by atoms with Gasteiger partial charge in [0.05, 0.1) is 11.9 Å². The molecule has 2 N–H and O–H groups in total. The summed E-state index contributed by atoms with van der Waals surface area (Å²) in [5.41, 5.74) is -6.71. The molecule has 10 heteroatoms. The zero-order valence-electron chi connectivity index (χ0n) is 24.2. The SMILES string of the molecule is O=C([O-])C(O)(C(=O)c1ccccc1)C(O)(C(=O)[O-])C(=O)c1ccccc1.c1cc[n+]2ccccc2c1.c1cc[n+]2ccccc2c1. The largest absolute Gasteiger partial charge is 0.546 e. The number of hydrogen-bond donors (Lipinski definition) is 2. The van der Waals surface area contributed by atoms with Crippen LogP contribution < -0.4 is 19.0 Å². The zero-order chi connectivity index (χ0) is 33.2. The van der Waals surface area contributed by atoms with Crippen LogP contribution in [0.15, 0.2) is 158 Å². The van der Waals surface area contributed by atoms with Crippen molar-refractivity contribution in [3.05, 3.63) is 169 Å². The molecule has 0 saturated heterocycles. The lowest BCUT2D eigenvalue weighted by molar-refractivity contribution is -0.512. The Morgan fingerprint density at radius 2 is 0.696 bits per heavy atom. The van der Waals surface area contributed by atoms with E-state index in [9.17, 15) is 39.6 Å². The van der Waals surface area contributed by atoms with Gasteiger partial charge >= 0.3 is 0 Å². The Morgan fingerprint density at radius 3 is 0.935 bits per heavy atom. The van der Waals surface area contributed by atoms with E-state index in [1.165, 1.54) is 47.4 Å². The minimum atomic E-state index is -4.12. The van der Waals surface area contributed by atoms with Crippen molar-refractivity contribution in [2.24, 2.45) is 0 Å². The van der Waals surface area contributed by atoms with Crippen molar-refractivity contribution in [1.82, 2.24) is 0 Å². The maximum atomic E-state index is 12.5. The van der Waals surface area contributed by atoms with E-state index in [-0.39, 0.29) is 0 Å². The fraction of sp³-hybridized carbons (Fsp3) is 0.0556. The van der Waals surface area contributed by atoms with Gasteiger partial charge < -0.3 is 30.0 Å². The van der Waals surface area contributed by atoms with Crippen molar-refractivity contribution in [3.63, 3.8) is 0 Å². The number of benzene rings is 2. The molecule has 0 aliphatic rings. The third-order valence-electron chi connectivity index (χ3n) is 6.94. The Morgan fingerprint density at radius 1 is 0.435 bits per heavy atom. The molecule has 0 radical (unpaired) electrons. The van der Waals surface area contributed by atoms with Crippen molar-refractivity contribution in [3.8, 4) is 0 Å². The lowest BCUT2D eigenvalue weighted by atomic mass is 9.73. The fourth-order valence-electron chi connectivity index (χ4n) is 4.49. The van der Waals surface area contributed by atoms with E-state index >= 15 is 0 Å². The van der Waals surface area contributed by atoms with Gasteiger partial charge in [-0.1, -0.05) is 60.7 Å². The number of aliphatic carboxylic acids is 2. The molecule has 10 nitrogen and oxygen atoms in total. The number of carboxylic acid groups (broad SMARTS) is 2. The van der Waals surface area contributed by atoms with E-state index < -0.39 is 45.8 Å². The molecule has 230 valence electrons. The van der Waals surface area contributed by atoms with E-state index in [2.05, 4.69) is 33.1 Å². The number of fused-ring (bicyclic) bond motifs is 2. The van der Waals surface area contributed by atoms with Gasteiger partial charge in [0.15, 0.2) is 24.8 Å². The molecule has 46 heavy (non-hydrogen) atoms. The van der Waals surface area contributed by atoms with Crippen LogP contribution in [0.3, 0.4) is 0 Å². The molecule has 0 aliphatic carbocycles. The average Bonchev–Trinajstić information content (AvgIpc) is 3.11. The van der Waals surface area contributed by atoms with E-state index in [4.69, 9.17) is 0 Å². The number of rotatable bonds is 7. The van der Waals surface area contributed by atoms with Gasteiger partial charge in [-0.3, -0.25) is 9.59 Å². The van der Waals surface area contributed by atoms with E-state index in [0.717, 1.165) is 24.3 Å². The van der Waals surface area contributed by atoms with Crippen LogP contribution in [0.25, 0.3) is 11.0 Å². The van der Waals surface area contributed by atoms with Crippen LogP contribution in [-0.2, 0) is 9.59 Å². The smallest absolute Gasteiger partial charge is 0.210 e. The quantitative estimate of drug-likeness (QED) is 0.149. The highest BCUT2D eigenvalue weighted by molar-refractivity contribution is 6.27. The predicted molar refractivity (Wildman–Crippen MR) is 161 cm³/mol. The number of nitrogens with zero attached hydrogens (tertiary/aromatic N) is 2. The molecule has 0 saturated carbocycles. The maximum absolute atomic E-state index is 12.5. The molecule has 0 aliphatic heterocycles. The first kappa shape index (κ1) is 32.8. The predicted octanol–water partition coefficient (Wildman–Crippen LogP) is 0.565. The highest BCUT2D eigenvalue weighted by Gasteiger charge is 2.62. The number of carbonyl (C=O) groups is 4. The first-order valence-corrected chi connectivity index (χ1v) is 13.9. The van der Waals surface area contributed by atoms with Gasteiger partial charge in [0.1, 0.15) is 0 Å². The number of aliphatic hydroxyl groups is 2. The maximum Gasteiger partial charge on any atom is 0.210 e. The van der Waals surface area contributed by atoms with Crippen LogP contribution in [0.4, 0.5) is 0 Å². The Labute approximate surface area is 263 Å². The minimum Gasteiger partial charge on any atom is -0.546 e. The minimum absolute atomic E-state index is 0.459. The molecule has 2 aromatic carbocycles. The highest BCUT2D eigenvalue weighted by Crippen LogP contribution is 2.30. The topological polar surface area (TPSA) is 163 Å². The fourth-order valence-corrected chi connectivity index (χ4v) is 4.49. The molecule has 2 unspecified atom stereocenters. The summed E-state index contributed by atoms with van der Waals surface area (Å²) in [6, 6.07) is 37.0. The Balaban J connectivity index is 0.000000192. The van der Waals surface area contributed by atoms with Gasteiger partial charge in [0, 0.05) is 59.7 Å². The molecule has 0 spiro atoms. The van der Waals surface area contributed by atoms with Gasteiger partial charge in [0.25, 0.3) is 0 Å². The molecular formula is C36H28N2O8. The summed E-state index contributed by atoms with van der Waals surface area (Å²) >= 11 is 0. The molecule has 0 amide bonds.